The number of carbonyl (C=O) groups excluding carboxylic acids is 1. The Bertz CT molecular complexity index is 378. The highest BCUT2D eigenvalue weighted by atomic mass is 35.5. The van der Waals surface area contributed by atoms with Gasteiger partial charge in [-0.2, -0.15) is 0 Å². The number of rotatable bonds is 6. The lowest BCUT2D eigenvalue weighted by atomic mass is 10.0. The molecule has 0 spiro atoms. The lowest BCUT2D eigenvalue weighted by Crippen LogP contribution is -2.21. The van der Waals surface area contributed by atoms with Crippen LogP contribution >= 0.6 is 11.6 Å². The first kappa shape index (κ1) is 14.9. The first-order valence-electron chi connectivity index (χ1n) is 6.17. The van der Waals surface area contributed by atoms with Gasteiger partial charge in [0.05, 0.1) is 11.9 Å². The molecular weight excluding hydrogens is 250 g/mol. The summed E-state index contributed by atoms with van der Waals surface area (Å²) < 4.78 is 0. The molecule has 0 bridgehead atoms. The van der Waals surface area contributed by atoms with Crippen molar-refractivity contribution in [3.63, 3.8) is 0 Å². The third kappa shape index (κ3) is 5.47. The van der Waals surface area contributed by atoms with Gasteiger partial charge in [0.15, 0.2) is 0 Å². The average molecular weight is 270 g/mol. The summed E-state index contributed by atoms with van der Waals surface area (Å²) >= 11 is 5.67. The minimum absolute atomic E-state index is 0.00352. The summed E-state index contributed by atoms with van der Waals surface area (Å²) in [7, 11) is 0. The second kappa shape index (κ2) is 7.34. The van der Waals surface area contributed by atoms with E-state index in [2.05, 4.69) is 10.3 Å². The van der Waals surface area contributed by atoms with Gasteiger partial charge in [0.2, 0.25) is 5.91 Å². The van der Waals surface area contributed by atoms with Gasteiger partial charge in [-0.05, 0) is 31.9 Å². The zero-order valence-electron chi connectivity index (χ0n) is 10.8. The molecular formula is C13H20ClN3O. The standard InChI is InChI=1S/C13H20ClN3O/c1-9(4-3-5-10(2)15)13(18)17-11-6-7-12(14)16-8-11/h6-10H,3-5,15H2,1-2H3,(H,17,18). The van der Waals surface area contributed by atoms with Crippen molar-refractivity contribution in [1.29, 1.82) is 0 Å². The molecule has 0 fully saturated rings. The largest absolute Gasteiger partial charge is 0.328 e. The van der Waals surface area contributed by atoms with E-state index in [9.17, 15) is 4.79 Å². The topological polar surface area (TPSA) is 68.0 Å². The number of halogens is 1. The van der Waals surface area contributed by atoms with Crippen LogP contribution in [-0.2, 0) is 4.79 Å². The predicted molar refractivity (Wildman–Crippen MR) is 74.5 cm³/mol. The van der Waals surface area contributed by atoms with Crippen LogP contribution in [0.1, 0.15) is 33.1 Å². The Morgan fingerprint density at radius 1 is 1.44 bits per heavy atom. The van der Waals surface area contributed by atoms with Crippen molar-refractivity contribution in [2.24, 2.45) is 11.7 Å². The van der Waals surface area contributed by atoms with Crippen LogP contribution in [0, 0.1) is 5.92 Å². The summed E-state index contributed by atoms with van der Waals surface area (Å²) in [6.07, 6.45) is 4.30. The number of hydrogen-bond acceptors (Lipinski definition) is 3. The van der Waals surface area contributed by atoms with E-state index in [4.69, 9.17) is 17.3 Å². The van der Waals surface area contributed by atoms with Gasteiger partial charge in [0.25, 0.3) is 0 Å². The second-order valence-corrected chi connectivity index (χ2v) is 5.06. The van der Waals surface area contributed by atoms with Gasteiger partial charge in [-0.3, -0.25) is 4.79 Å². The van der Waals surface area contributed by atoms with Crippen molar-refractivity contribution in [3.05, 3.63) is 23.5 Å². The molecule has 3 N–H and O–H groups in total. The van der Waals surface area contributed by atoms with E-state index in [-0.39, 0.29) is 17.9 Å². The smallest absolute Gasteiger partial charge is 0.227 e. The molecule has 0 saturated carbocycles. The van der Waals surface area contributed by atoms with Crippen LogP contribution < -0.4 is 11.1 Å². The first-order valence-corrected chi connectivity index (χ1v) is 6.55. The molecule has 2 unspecified atom stereocenters. The molecule has 0 aliphatic rings. The van der Waals surface area contributed by atoms with E-state index in [1.807, 2.05) is 13.8 Å². The van der Waals surface area contributed by atoms with E-state index in [1.54, 1.807) is 18.3 Å². The fourth-order valence-corrected chi connectivity index (χ4v) is 1.70. The lowest BCUT2D eigenvalue weighted by molar-refractivity contribution is -0.119. The van der Waals surface area contributed by atoms with E-state index in [0.717, 1.165) is 19.3 Å². The van der Waals surface area contributed by atoms with E-state index in [1.165, 1.54) is 0 Å². The van der Waals surface area contributed by atoms with Gasteiger partial charge in [-0.1, -0.05) is 24.9 Å². The Balaban J connectivity index is 2.37. The minimum Gasteiger partial charge on any atom is -0.328 e. The highest BCUT2D eigenvalue weighted by Gasteiger charge is 2.13. The normalized spacial score (nSPS) is 14.0. The second-order valence-electron chi connectivity index (χ2n) is 4.67. The molecule has 100 valence electrons. The van der Waals surface area contributed by atoms with Gasteiger partial charge in [0.1, 0.15) is 5.15 Å². The molecule has 1 rings (SSSR count). The molecule has 0 saturated heterocycles. The van der Waals surface area contributed by atoms with Crippen LogP contribution in [0.3, 0.4) is 0 Å². The number of aromatic nitrogens is 1. The Kier molecular flexibility index (Phi) is 6.09. The van der Waals surface area contributed by atoms with Crippen molar-refractivity contribution >= 4 is 23.2 Å². The average Bonchev–Trinajstić information content (AvgIpc) is 2.31. The molecule has 1 heterocycles. The Morgan fingerprint density at radius 2 is 2.17 bits per heavy atom. The van der Waals surface area contributed by atoms with E-state index >= 15 is 0 Å². The fraction of sp³-hybridized carbons (Fsp3) is 0.538. The zero-order chi connectivity index (χ0) is 13.5. The lowest BCUT2D eigenvalue weighted by Gasteiger charge is -2.12. The maximum Gasteiger partial charge on any atom is 0.227 e. The zero-order valence-corrected chi connectivity index (χ0v) is 11.6. The molecule has 2 atom stereocenters. The Labute approximate surface area is 113 Å². The molecule has 0 aliphatic carbocycles. The number of carbonyl (C=O) groups is 1. The summed E-state index contributed by atoms with van der Waals surface area (Å²) in [5.74, 6) is -0.0248. The molecule has 4 nitrogen and oxygen atoms in total. The molecule has 0 aromatic carbocycles. The van der Waals surface area contributed by atoms with Crippen LogP contribution in [0.4, 0.5) is 5.69 Å². The summed E-state index contributed by atoms with van der Waals surface area (Å²) in [6, 6.07) is 3.58. The molecule has 1 amide bonds. The van der Waals surface area contributed by atoms with Crippen molar-refractivity contribution in [1.82, 2.24) is 4.98 Å². The third-order valence-electron chi connectivity index (χ3n) is 2.74. The number of amides is 1. The number of pyridine rings is 1. The van der Waals surface area contributed by atoms with Crippen LogP contribution in [0.2, 0.25) is 5.15 Å². The molecule has 0 radical (unpaired) electrons. The van der Waals surface area contributed by atoms with Crippen molar-refractivity contribution in [3.8, 4) is 0 Å². The SMILES string of the molecule is CC(N)CCCC(C)C(=O)Nc1ccc(Cl)nc1. The molecule has 0 aliphatic heterocycles. The van der Waals surface area contributed by atoms with Gasteiger partial charge in [-0.15, -0.1) is 0 Å². The summed E-state index contributed by atoms with van der Waals surface area (Å²) in [4.78, 5) is 15.8. The molecule has 18 heavy (non-hydrogen) atoms. The minimum atomic E-state index is -0.0283. The Morgan fingerprint density at radius 3 is 2.72 bits per heavy atom. The fourth-order valence-electron chi connectivity index (χ4n) is 1.59. The van der Waals surface area contributed by atoms with E-state index < -0.39 is 0 Å². The molecule has 1 aromatic heterocycles. The van der Waals surface area contributed by atoms with Crippen molar-refractivity contribution < 1.29 is 4.79 Å². The number of nitrogens with one attached hydrogen (secondary N) is 1. The van der Waals surface area contributed by atoms with E-state index in [0.29, 0.717) is 10.8 Å². The van der Waals surface area contributed by atoms with Gasteiger partial charge in [-0.25, -0.2) is 4.98 Å². The summed E-state index contributed by atoms with van der Waals surface area (Å²) in [6.45, 7) is 3.89. The highest BCUT2D eigenvalue weighted by Crippen LogP contribution is 2.14. The van der Waals surface area contributed by atoms with Gasteiger partial charge in [0, 0.05) is 12.0 Å². The third-order valence-corrected chi connectivity index (χ3v) is 2.96. The summed E-state index contributed by atoms with van der Waals surface area (Å²) in [5.41, 5.74) is 6.34. The Hall–Kier alpha value is -1.13. The number of nitrogens with two attached hydrogens (primary N) is 1. The highest BCUT2D eigenvalue weighted by molar-refractivity contribution is 6.29. The number of anilines is 1. The van der Waals surface area contributed by atoms with Crippen molar-refractivity contribution in [2.45, 2.75) is 39.2 Å². The van der Waals surface area contributed by atoms with Crippen LogP contribution in [0.25, 0.3) is 0 Å². The number of nitrogens with zero attached hydrogens (tertiary/aromatic N) is 1. The monoisotopic (exact) mass is 269 g/mol. The maximum atomic E-state index is 11.9. The number of hydrogen-bond donors (Lipinski definition) is 2. The molecule has 5 heteroatoms. The van der Waals surface area contributed by atoms with Gasteiger partial charge < -0.3 is 11.1 Å². The summed E-state index contributed by atoms with van der Waals surface area (Å²) in [5, 5.41) is 3.23. The van der Waals surface area contributed by atoms with Crippen LogP contribution in [-0.4, -0.2) is 16.9 Å². The quantitative estimate of drug-likeness (QED) is 0.781. The van der Waals surface area contributed by atoms with Gasteiger partial charge >= 0.3 is 0 Å². The van der Waals surface area contributed by atoms with Crippen molar-refractivity contribution in [2.75, 3.05) is 5.32 Å². The van der Waals surface area contributed by atoms with Crippen LogP contribution in [0.5, 0.6) is 0 Å². The first-order chi connectivity index (χ1) is 8.49. The maximum absolute atomic E-state index is 11.9. The predicted octanol–water partition coefficient (Wildman–Crippen LogP) is 2.83. The molecule has 1 aromatic rings. The van der Waals surface area contributed by atoms with Crippen LogP contribution in [0.15, 0.2) is 18.3 Å².